The number of nitrogens with two attached hydrogens (primary N) is 1. The van der Waals surface area contributed by atoms with Crippen molar-refractivity contribution >= 4 is 5.69 Å². The van der Waals surface area contributed by atoms with Crippen LogP contribution in [-0.2, 0) is 0 Å². The first-order valence-corrected chi connectivity index (χ1v) is 6.58. The molecule has 0 fully saturated rings. The first kappa shape index (κ1) is 14.1. The normalized spacial score (nSPS) is 10.1. The van der Waals surface area contributed by atoms with Crippen LogP contribution in [0.5, 0.6) is 23.0 Å². The SMILES string of the molecule is CCCOc1ccccc1Oc1cccc(OC)c1N. The molecular formula is C16H19NO3. The van der Waals surface area contributed by atoms with Crippen molar-refractivity contribution in [1.82, 2.24) is 0 Å². The van der Waals surface area contributed by atoms with E-state index in [0.29, 0.717) is 35.3 Å². The fourth-order valence-corrected chi connectivity index (χ4v) is 1.78. The summed E-state index contributed by atoms with van der Waals surface area (Å²) in [4.78, 5) is 0. The van der Waals surface area contributed by atoms with Gasteiger partial charge in [-0.2, -0.15) is 0 Å². The van der Waals surface area contributed by atoms with Gasteiger partial charge >= 0.3 is 0 Å². The van der Waals surface area contributed by atoms with Crippen LogP contribution in [0, 0.1) is 0 Å². The lowest BCUT2D eigenvalue weighted by Gasteiger charge is -2.14. The number of methoxy groups -OCH3 is 1. The molecule has 0 aliphatic carbocycles. The van der Waals surface area contributed by atoms with E-state index < -0.39 is 0 Å². The zero-order chi connectivity index (χ0) is 14.4. The molecule has 0 atom stereocenters. The van der Waals surface area contributed by atoms with Crippen LogP contribution in [0.15, 0.2) is 42.5 Å². The zero-order valence-electron chi connectivity index (χ0n) is 11.8. The minimum absolute atomic E-state index is 0.472. The van der Waals surface area contributed by atoms with Crippen molar-refractivity contribution in [3.63, 3.8) is 0 Å². The summed E-state index contributed by atoms with van der Waals surface area (Å²) < 4.78 is 16.7. The molecule has 20 heavy (non-hydrogen) atoms. The Hall–Kier alpha value is -2.36. The molecule has 0 amide bonds. The van der Waals surface area contributed by atoms with E-state index >= 15 is 0 Å². The molecule has 0 bridgehead atoms. The Morgan fingerprint density at radius 3 is 2.25 bits per heavy atom. The Morgan fingerprint density at radius 2 is 1.55 bits per heavy atom. The summed E-state index contributed by atoms with van der Waals surface area (Å²) in [5, 5.41) is 0. The lowest BCUT2D eigenvalue weighted by atomic mass is 10.2. The van der Waals surface area contributed by atoms with E-state index in [0.717, 1.165) is 6.42 Å². The summed E-state index contributed by atoms with van der Waals surface area (Å²) >= 11 is 0. The molecule has 0 radical (unpaired) electrons. The average Bonchev–Trinajstić information content (AvgIpc) is 2.48. The largest absolute Gasteiger partial charge is 0.494 e. The van der Waals surface area contributed by atoms with Gasteiger partial charge in [0.05, 0.1) is 13.7 Å². The van der Waals surface area contributed by atoms with Crippen LogP contribution in [0.25, 0.3) is 0 Å². The Labute approximate surface area is 119 Å². The summed E-state index contributed by atoms with van der Waals surface area (Å²) in [7, 11) is 1.58. The van der Waals surface area contributed by atoms with Crippen LogP contribution < -0.4 is 19.9 Å². The Kier molecular flexibility index (Phi) is 4.71. The van der Waals surface area contributed by atoms with Crippen molar-refractivity contribution in [2.75, 3.05) is 19.5 Å². The number of hydrogen-bond acceptors (Lipinski definition) is 4. The predicted octanol–water partition coefficient (Wildman–Crippen LogP) is 3.86. The van der Waals surface area contributed by atoms with E-state index in [1.165, 1.54) is 0 Å². The van der Waals surface area contributed by atoms with E-state index in [2.05, 4.69) is 6.92 Å². The van der Waals surface area contributed by atoms with Crippen molar-refractivity contribution in [2.24, 2.45) is 0 Å². The molecule has 0 saturated carbocycles. The summed E-state index contributed by atoms with van der Waals surface area (Å²) in [6.45, 7) is 2.71. The average molecular weight is 273 g/mol. The lowest BCUT2D eigenvalue weighted by molar-refractivity contribution is 0.302. The predicted molar refractivity (Wildman–Crippen MR) is 79.7 cm³/mol. The second-order valence-electron chi connectivity index (χ2n) is 4.27. The van der Waals surface area contributed by atoms with E-state index in [-0.39, 0.29) is 0 Å². The maximum atomic E-state index is 6.00. The van der Waals surface area contributed by atoms with E-state index in [1.807, 2.05) is 30.3 Å². The van der Waals surface area contributed by atoms with Gasteiger partial charge in [-0.25, -0.2) is 0 Å². The Balaban J connectivity index is 2.26. The highest BCUT2D eigenvalue weighted by Crippen LogP contribution is 2.37. The number of benzene rings is 2. The molecule has 2 rings (SSSR count). The van der Waals surface area contributed by atoms with Gasteiger partial charge in [0.2, 0.25) is 0 Å². The molecule has 0 aliphatic rings. The van der Waals surface area contributed by atoms with Crippen molar-refractivity contribution in [3.05, 3.63) is 42.5 Å². The maximum absolute atomic E-state index is 6.00. The lowest BCUT2D eigenvalue weighted by Crippen LogP contribution is -1.99. The summed E-state index contributed by atoms with van der Waals surface area (Å²) in [5.41, 5.74) is 6.47. The smallest absolute Gasteiger partial charge is 0.169 e. The van der Waals surface area contributed by atoms with Crippen LogP contribution in [0.2, 0.25) is 0 Å². The van der Waals surface area contributed by atoms with Gasteiger partial charge in [0, 0.05) is 0 Å². The summed E-state index contributed by atoms with van der Waals surface area (Å²) in [5.74, 6) is 2.49. The van der Waals surface area contributed by atoms with Crippen LogP contribution in [0.4, 0.5) is 5.69 Å². The Morgan fingerprint density at radius 1 is 0.900 bits per heavy atom. The third-order valence-corrected chi connectivity index (χ3v) is 2.78. The van der Waals surface area contributed by atoms with Gasteiger partial charge in [0.25, 0.3) is 0 Å². The van der Waals surface area contributed by atoms with Gasteiger partial charge < -0.3 is 19.9 Å². The first-order valence-electron chi connectivity index (χ1n) is 6.58. The molecule has 2 N–H and O–H groups in total. The zero-order valence-corrected chi connectivity index (χ0v) is 11.8. The molecule has 4 heteroatoms. The molecule has 2 aromatic carbocycles. The second-order valence-corrected chi connectivity index (χ2v) is 4.27. The fourth-order valence-electron chi connectivity index (χ4n) is 1.78. The second kappa shape index (κ2) is 6.70. The van der Waals surface area contributed by atoms with Gasteiger partial charge in [0.15, 0.2) is 17.2 Å². The number of para-hydroxylation sites is 3. The van der Waals surface area contributed by atoms with Crippen molar-refractivity contribution < 1.29 is 14.2 Å². The molecule has 2 aromatic rings. The van der Waals surface area contributed by atoms with Crippen molar-refractivity contribution in [2.45, 2.75) is 13.3 Å². The maximum Gasteiger partial charge on any atom is 0.169 e. The van der Waals surface area contributed by atoms with Gasteiger partial charge in [-0.05, 0) is 30.7 Å². The van der Waals surface area contributed by atoms with E-state index in [9.17, 15) is 0 Å². The fraction of sp³-hybridized carbons (Fsp3) is 0.250. The van der Waals surface area contributed by atoms with Crippen LogP contribution in [0.3, 0.4) is 0 Å². The topological polar surface area (TPSA) is 53.7 Å². The van der Waals surface area contributed by atoms with Gasteiger partial charge in [0.1, 0.15) is 11.4 Å². The molecule has 0 heterocycles. The summed E-state index contributed by atoms with van der Waals surface area (Å²) in [6.07, 6.45) is 0.940. The molecule has 4 nitrogen and oxygen atoms in total. The quantitative estimate of drug-likeness (QED) is 0.812. The molecule has 0 saturated heterocycles. The van der Waals surface area contributed by atoms with Gasteiger partial charge in [-0.3, -0.25) is 0 Å². The third-order valence-electron chi connectivity index (χ3n) is 2.78. The highest BCUT2D eigenvalue weighted by molar-refractivity contribution is 5.64. The number of hydrogen-bond donors (Lipinski definition) is 1. The number of nitrogen functional groups attached to an aromatic ring is 1. The molecule has 0 aromatic heterocycles. The van der Waals surface area contributed by atoms with E-state index in [1.54, 1.807) is 19.2 Å². The number of rotatable bonds is 6. The summed E-state index contributed by atoms with van der Waals surface area (Å²) in [6, 6.07) is 13.0. The molecule has 0 aliphatic heterocycles. The van der Waals surface area contributed by atoms with Crippen molar-refractivity contribution in [3.8, 4) is 23.0 Å². The highest BCUT2D eigenvalue weighted by atomic mass is 16.5. The molecule has 0 unspecified atom stereocenters. The van der Waals surface area contributed by atoms with Crippen LogP contribution in [-0.4, -0.2) is 13.7 Å². The first-order chi connectivity index (χ1) is 9.76. The third kappa shape index (κ3) is 3.15. The standard InChI is InChI=1S/C16H19NO3/c1-3-11-19-12-7-4-5-8-13(12)20-15-10-6-9-14(18-2)16(15)17/h4-10H,3,11,17H2,1-2H3. The highest BCUT2D eigenvalue weighted by Gasteiger charge is 2.10. The number of ether oxygens (including phenoxy) is 3. The molecule has 106 valence electrons. The minimum Gasteiger partial charge on any atom is -0.494 e. The van der Waals surface area contributed by atoms with Crippen LogP contribution in [0.1, 0.15) is 13.3 Å². The van der Waals surface area contributed by atoms with Gasteiger partial charge in [-0.15, -0.1) is 0 Å². The van der Waals surface area contributed by atoms with Crippen LogP contribution >= 0.6 is 0 Å². The molecule has 0 spiro atoms. The van der Waals surface area contributed by atoms with E-state index in [4.69, 9.17) is 19.9 Å². The Bertz CT molecular complexity index is 569. The minimum atomic E-state index is 0.472. The molecular weight excluding hydrogens is 254 g/mol. The monoisotopic (exact) mass is 273 g/mol. The van der Waals surface area contributed by atoms with Crippen molar-refractivity contribution in [1.29, 1.82) is 0 Å². The van der Waals surface area contributed by atoms with Gasteiger partial charge in [-0.1, -0.05) is 25.1 Å². The number of anilines is 1.